The summed E-state index contributed by atoms with van der Waals surface area (Å²) in [5.74, 6) is 0.429. The molecule has 2 heterocycles. The molecule has 0 saturated carbocycles. The van der Waals surface area contributed by atoms with Gasteiger partial charge in [0.1, 0.15) is 11.6 Å². The lowest BCUT2D eigenvalue weighted by molar-refractivity contribution is -0.274. The number of anilines is 1. The number of ether oxygens (including phenoxy) is 1. The fourth-order valence-corrected chi connectivity index (χ4v) is 2.72. The molecule has 0 radical (unpaired) electrons. The van der Waals surface area contributed by atoms with Crippen LogP contribution in [0.3, 0.4) is 0 Å². The van der Waals surface area contributed by atoms with Crippen LogP contribution in [0.1, 0.15) is 5.56 Å². The highest BCUT2D eigenvalue weighted by molar-refractivity contribution is 5.37. The van der Waals surface area contributed by atoms with Gasteiger partial charge >= 0.3 is 6.36 Å². The van der Waals surface area contributed by atoms with Gasteiger partial charge in [-0.15, -0.1) is 13.2 Å². The number of nitrogens with zero attached hydrogens (tertiary/aromatic N) is 3. The third kappa shape index (κ3) is 4.96. The van der Waals surface area contributed by atoms with Crippen LogP contribution in [0.2, 0.25) is 0 Å². The summed E-state index contributed by atoms with van der Waals surface area (Å²) < 4.78 is 40.3. The zero-order valence-corrected chi connectivity index (χ0v) is 13.3. The van der Waals surface area contributed by atoms with Crippen molar-refractivity contribution in [3.63, 3.8) is 0 Å². The van der Waals surface area contributed by atoms with Crippen LogP contribution in [0.15, 0.2) is 41.5 Å². The van der Waals surface area contributed by atoms with Gasteiger partial charge in [-0.1, -0.05) is 12.1 Å². The van der Waals surface area contributed by atoms with E-state index < -0.39 is 6.36 Å². The Morgan fingerprint density at radius 3 is 2.40 bits per heavy atom. The number of piperazine rings is 1. The SMILES string of the molecule is O=c1cc(N2CCN(Cc3ccc(OC(F)(F)F)cc3)CC2)nc[nH]1. The third-order valence-electron chi connectivity index (χ3n) is 3.92. The van der Waals surface area contributed by atoms with E-state index in [1.54, 1.807) is 12.1 Å². The highest BCUT2D eigenvalue weighted by atomic mass is 19.4. The quantitative estimate of drug-likeness (QED) is 0.910. The van der Waals surface area contributed by atoms with Gasteiger partial charge in [0.2, 0.25) is 0 Å². The van der Waals surface area contributed by atoms with Gasteiger partial charge in [-0.2, -0.15) is 0 Å². The lowest BCUT2D eigenvalue weighted by atomic mass is 10.2. The third-order valence-corrected chi connectivity index (χ3v) is 3.92. The number of hydrogen-bond acceptors (Lipinski definition) is 5. The fourth-order valence-electron chi connectivity index (χ4n) is 2.72. The molecule has 1 fully saturated rings. The number of nitrogens with one attached hydrogen (secondary N) is 1. The summed E-state index contributed by atoms with van der Waals surface area (Å²) >= 11 is 0. The monoisotopic (exact) mass is 354 g/mol. The molecule has 3 rings (SSSR count). The molecule has 1 N–H and O–H groups in total. The standard InChI is InChI=1S/C16H17F3N4O2/c17-16(18,19)25-13-3-1-12(2-4-13)10-22-5-7-23(8-6-22)14-9-15(24)21-11-20-14/h1-4,9,11H,5-8,10H2,(H,20,21,24). The van der Waals surface area contributed by atoms with E-state index in [2.05, 4.69) is 19.6 Å². The Balaban J connectivity index is 1.53. The molecule has 9 heteroatoms. The molecular weight excluding hydrogens is 337 g/mol. The topological polar surface area (TPSA) is 61.5 Å². The van der Waals surface area contributed by atoms with E-state index >= 15 is 0 Å². The van der Waals surface area contributed by atoms with Crippen molar-refractivity contribution in [1.82, 2.24) is 14.9 Å². The predicted octanol–water partition coefficient (Wildman–Crippen LogP) is 1.99. The first-order chi connectivity index (χ1) is 11.9. The number of halogens is 3. The van der Waals surface area contributed by atoms with Crippen molar-refractivity contribution in [3.05, 3.63) is 52.6 Å². The van der Waals surface area contributed by atoms with Crippen LogP contribution in [0.5, 0.6) is 5.75 Å². The molecule has 1 aliphatic rings. The van der Waals surface area contributed by atoms with Crippen molar-refractivity contribution in [3.8, 4) is 5.75 Å². The average molecular weight is 354 g/mol. The zero-order valence-electron chi connectivity index (χ0n) is 13.3. The summed E-state index contributed by atoms with van der Waals surface area (Å²) in [6.07, 6.45) is -3.29. The lowest BCUT2D eigenvalue weighted by Gasteiger charge is -2.35. The summed E-state index contributed by atoms with van der Waals surface area (Å²) in [4.78, 5) is 22.2. The van der Waals surface area contributed by atoms with Crippen molar-refractivity contribution in [1.29, 1.82) is 0 Å². The van der Waals surface area contributed by atoms with Crippen LogP contribution in [0.4, 0.5) is 19.0 Å². The van der Waals surface area contributed by atoms with Crippen molar-refractivity contribution in [2.45, 2.75) is 12.9 Å². The maximum absolute atomic E-state index is 12.2. The maximum atomic E-state index is 12.2. The van der Waals surface area contributed by atoms with E-state index in [0.29, 0.717) is 12.4 Å². The highest BCUT2D eigenvalue weighted by Crippen LogP contribution is 2.23. The zero-order chi connectivity index (χ0) is 17.9. The molecule has 134 valence electrons. The molecule has 6 nitrogen and oxygen atoms in total. The number of rotatable bonds is 4. The number of H-pyrrole nitrogens is 1. The number of hydrogen-bond donors (Lipinski definition) is 1. The van der Waals surface area contributed by atoms with Gasteiger partial charge < -0.3 is 14.6 Å². The summed E-state index contributed by atoms with van der Waals surface area (Å²) in [6, 6.07) is 7.37. The normalized spacial score (nSPS) is 16.0. The van der Waals surface area contributed by atoms with Gasteiger partial charge in [0.05, 0.1) is 6.33 Å². The maximum Gasteiger partial charge on any atom is 0.573 e. The second-order valence-electron chi connectivity index (χ2n) is 5.72. The molecule has 0 aliphatic carbocycles. The van der Waals surface area contributed by atoms with Gasteiger partial charge in [-0.05, 0) is 17.7 Å². The molecule has 0 unspecified atom stereocenters. The van der Waals surface area contributed by atoms with E-state index in [0.717, 1.165) is 31.7 Å². The fraction of sp³-hybridized carbons (Fsp3) is 0.375. The van der Waals surface area contributed by atoms with Crippen LogP contribution < -0.4 is 15.2 Å². The van der Waals surface area contributed by atoms with E-state index in [4.69, 9.17) is 0 Å². The first-order valence-corrected chi connectivity index (χ1v) is 7.76. The molecule has 0 amide bonds. The average Bonchev–Trinajstić information content (AvgIpc) is 2.56. The Morgan fingerprint density at radius 1 is 1.12 bits per heavy atom. The minimum Gasteiger partial charge on any atom is -0.406 e. The largest absolute Gasteiger partial charge is 0.573 e. The molecule has 0 spiro atoms. The van der Waals surface area contributed by atoms with Gasteiger partial charge in [0.15, 0.2) is 0 Å². The molecule has 1 saturated heterocycles. The van der Waals surface area contributed by atoms with Crippen LogP contribution in [0, 0.1) is 0 Å². The summed E-state index contributed by atoms with van der Waals surface area (Å²) in [7, 11) is 0. The molecule has 2 aromatic rings. The van der Waals surface area contributed by atoms with Crippen molar-refractivity contribution < 1.29 is 17.9 Å². The minimum atomic E-state index is -4.68. The Labute approximate surface area is 141 Å². The smallest absolute Gasteiger partial charge is 0.406 e. The molecule has 1 aliphatic heterocycles. The summed E-state index contributed by atoms with van der Waals surface area (Å²) in [6.45, 7) is 3.64. The molecular formula is C16H17F3N4O2. The minimum absolute atomic E-state index is 0.186. The Hall–Kier alpha value is -2.55. The summed E-state index contributed by atoms with van der Waals surface area (Å²) in [5, 5.41) is 0. The van der Waals surface area contributed by atoms with Crippen LogP contribution >= 0.6 is 0 Å². The van der Waals surface area contributed by atoms with E-state index in [-0.39, 0.29) is 11.3 Å². The molecule has 0 bridgehead atoms. The highest BCUT2D eigenvalue weighted by Gasteiger charge is 2.31. The Kier molecular flexibility index (Phi) is 4.93. The van der Waals surface area contributed by atoms with Crippen molar-refractivity contribution in [2.75, 3.05) is 31.1 Å². The van der Waals surface area contributed by atoms with Crippen LogP contribution in [0.25, 0.3) is 0 Å². The molecule has 0 atom stereocenters. The van der Waals surface area contributed by atoms with E-state index in [1.807, 2.05) is 4.90 Å². The second-order valence-corrected chi connectivity index (χ2v) is 5.72. The van der Waals surface area contributed by atoms with Crippen molar-refractivity contribution >= 4 is 5.82 Å². The van der Waals surface area contributed by atoms with E-state index in [9.17, 15) is 18.0 Å². The number of benzene rings is 1. The van der Waals surface area contributed by atoms with Crippen molar-refractivity contribution in [2.24, 2.45) is 0 Å². The van der Waals surface area contributed by atoms with Gasteiger partial charge in [0, 0.05) is 38.8 Å². The molecule has 1 aromatic carbocycles. The second kappa shape index (κ2) is 7.14. The van der Waals surface area contributed by atoms with Crippen LogP contribution in [-0.4, -0.2) is 47.4 Å². The number of aromatic nitrogens is 2. The first kappa shape index (κ1) is 17.3. The molecule has 1 aromatic heterocycles. The van der Waals surface area contributed by atoms with Gasteiger partial charge in [0.25, 0.3) is 5.56 Å². The first-order valence-electron chi connectivity index (χ1n) is 7.76. The number of aromatic amines is 1. The Bertz CT molecular complexity index is 753. The van der Waals surface area contributed by atoms with Crippen LogP contribution in [-0.2, 0) is 6.54 Å². The molecule has 25 heavy (non-hydrogen) atoms. The van der Waals surface area contributed by atoms with Gasteiger partial charge in [-0.3, -0.25) is 9.69 Å². The van der Waals surface area contributed by atoms with E-state index in [1.165, 1.54) is 24.5 Å². The predicted molar refractivity (Wildman–Crippen MR) is 85.5 cm³/mol. The lowest BCUT2D eigenvalue weighted by Crippen LogP contribution is -2.46. The summed E-state index contributed by atoms with van der Waals surface area (Å²) in [5.41, 5.74) is 0.728. The van der Waals surface area contributed by atoms with Gasteiger partial charge in [-0.25, -0.2) is 4.98 Å². The number of alkyl halides is 3. The Morgan fingerprint density at radius 2 is 1.80 bits per heavy atom.